The first-order valence-corrected chi connectivity index (χ1v) is 12.4. The molecular weight excluding hydrogens is 466 g/mol. The monoisotopic (exact) mass is 493 g/mol. The second kappa shape index (κ2) is 9.46. The van der Waals surface area contributed by atoms with Crippen LogP contribution in [0.2, 0.25) is 0 Å². The van der Waals surface area contributed by atoms with Crippen molar-refractivity contribution in [1.29, 1.82) is 0 Å². The summed E-state index contributed by atoms with van der Waals surface area (Å²) in [7, 11) is 1.65. The Morgan fingerprint density at radius 1 is 1.08 bits per heavy atom. The molecule has 8 nitrogen and oxygen atoms in total. The van der Waals surface area contributed by atoms with Gasteiger partial charge in [0, 0.05) is 30.2 Å². The molecule has 2 amide bonds. The number of fused-ring (bicyclic) bond motifs is 4. The maximum absolute atomic E-state index is 13.7. The molecular formula is C29H27N5O3. The molecule has 0 spiro atoms. The van der Waals surface area contributed by atoms with Crippen molar-refractivity contribution in [2.24, 2.45) is 0 Å². The zero-order chi connectivity index (χ0) is 25.4. The normalized spacial score (nSPS) is 14.9. The molecule has 5 aromatic rings. The van der Waals surface area contributed by atoms with Crippen molar-refractivity contribution in [2.75, 3.05) is 18.6 Å². The van der Waals surface area contributed by atoms with Crippen LogP contribution >= 0.6 is 0 Å². The van der Waals surface area contributed by atoms with Crippen LogP contribution in [0.5, 0.6) is 5.75 Å². The van der Waals surface area contributed by atoms with E-state index in [4.69, 9.17) is 9.72 Å². The second-order valence-electron chi connectivity index (χ2n) is 9.22. The standard InChI is InChI=1S/C29H27N5O3/c1-37-21-11-12-23-22(15-21)20(18-30-23)13-14-33-28(36)26(16-27(35)31-17-19-7-3-2-4-8-19)34-25-10-6-5-9-24(25)32-29(33)34/h2-12,15,18,26,30H,13-14,16-17H2,1H3,(H,31,35)/t26-/m0/s1. The van der Waals surface area contributed by atoms with Crippen molar-refractivity contribution >= 4 is 39.7 Å². The summed E-state index contributed by atoms with van der Waals surface area (Å²) in [6.45, 7) is 0.875. The zero-order valence-corrected chi connectivity index (χ0v) is 20.5. The number of aromatic amines is 1. The van der Waals surface area contributed by atoms with Gasteiger partial charge < -0.3 is 15.0 Å². The quantitative estimate of drug-likeness (QED) is 0.336. The largest absolute Gasteiger partial charge is 0.497 e. The summed E-state index contributed by atoms with van der Waals surface area (Å²) in [4.78, 5) is 36.4. The van der Waals surface area contributed by atoms with Gasteiger partial charge in [0.05, 0.1) is 24.6 Å². The number of benzene rings is 3. The number of anilines is 1. The Morgan fingerprint density at radius 3 is 2.73 bits per heavy atom. The Bertz CT molecular complexity index is 1600. The number of para-hydroxylation sites is 2. The lowest BCUT2D eigenvalue weighted by atomic mass is 10.1. The van der Waals surface area contributed by atoms with Crippen LogP contribution in [0.3, 0.4) is 0 Å². The van der Waals surface area contributed by atoms with E-state index in [1.54, 1.807) is 12.0 Å². The number of imidazole rings is 1. The number of methoxy groups -OCH3 is 1. The number of hydrogen-bond acceptors (Lipinski definition) is 4. The second-order valence-corrected chi connectivity index (χ2v) is 9.22. The number of rotatable bonds is 8. The van der Waals surface area contributed by atoms with Crippen LogP contribution in [0.1, 0.15) is 23.6 Å². The van der Waals surface area contributed by atoms with E-state index in [0.717, 1.165) is 38.8 Å². The number of ether oxygens (including phenoxy) is 1. The molecule has 0 bridgehead atoms. The van der Waals surface area contributed by atoms with Gasteiger partial charge in [-0.3, -0.25) is 19.1 Å². The molecule has 0 saturated heterocycles. The molecule has 0 fully saturated rings. The van der Waals surface area contributed by atoms with Gasteiger partial charge in [0.15, 0.2) is 0 Å². The molecule has 6 rings (SSSR count). The van der Waals surface area contributed by atoms with Crippen LogP contribution in [0, 0.1) is 0 Å². The molecule has 1 aliphatic rings. The highest BCUT2D eigenvalue weighted by molar-refractivity contribution is 6.03. The van der Waals surface area contributed by atoms with E-state index >= 15 is 0 Å². The van der Waals surface area contributed by atoms with Crippen LogP contribution in [-0.4, -0.2) is 40.0 Å². The molecule has 2 aromatic heterocycles. The van der Waals surface area contributed by atoms with Gasteiger partial charge in [0.1, 0.15) is 11.8 Å². The number of carbonyl (C=O) groups is 2. The Kier molecular flexibility index (Phi) is 5.84. The molecule has 3 heterocycles. The highest BCUT2D eigenvalue weighted by Gasteiger charge is 2.40. The molecule has 0 saturated carbocycles. The summed E-state index contributed by atoms with van der Waals surface area (Å²) in [6, 6.07) is 22.7. The fraction of sp³-hybridized carbons (Fsp3) is 0.207. The smallest absolute Gasteiger partial charge is 0.253 e. The van der Waals surface area contributed by atoms with Gasteiger partial charge in [0.25, 0.3) is 5.91 Å². The SMILES string of the molecule is COc1ccc2[nH]cc(CCN3C(=O)[C@H](CC(=O)NCc4ccccc4)n4c3nc3ccccc34)c2c1. The fourth-order valence-electron chi connectivity index (χ4n) is 5.07. The van der Waals surface area contributed by atoms with Crippen molar-refractivity contribution in [2.45, 2.75) is 25.4 Å². The minimum atomic E-state index is -0.638. The van der Waals surface area contributed by atoms with Gasteiger partial charge in [-0.1, -0.05) is 42.5 Å². The molecule has 0 radical (unpaired) electrons. The molecule has 186 valence electrons. The zero-order valence-electron chi connectivity index (χ0n) is 20.5. The van der Waals surface area contributed by atoms with Gasteiger partial charge in [-0.2, -0.15) is 0 Å². The number of amides is 2. The fourth-order valence-corrected chi connectivity index (χ4v) is 5.07. The molecule has 1 atom stereocenters. The van der Waals surface area contributed by atoms with Crippen molar-refractivity contribution in [3.8, 4) is 5.75 Å². The lowest BCUT2D eigenvalue weighted by Gasteiger charge is -2.16. The van der Waals surface area contributed by atoms with Gasteiger partial charge in [-0.05, 0) is 47.9 Å². The number of H-pyrrole nitrogens is 1. The minimum Gasteiger partial charge on any atom is -0.497 e. The van der Waals surface area contributed by atoms with E-state index in [-0.39, 0.29) is 18.2 Å². The summed E-state index contributed by atoms with van der Waals surface area (Å²) < 4.78 is 7.31. The number of nitrogens with zero attached hydrogens (tertiary/aromatic N) is 3. The Hall–Kier alpha value is -4.59. The lowest BCUT2D eigenvalue weighted by Crippen LogP contribution is -2.34. The highest BCUT2D eigenvalue weighted by atomic mass is 16.5. The first-order chi connectivity index (χ1) is 18.1. The van der Waals surface area contributed by atoms with E-state index < -0.39 is 6.04 Å². The van der Waals surface area contributed by atoms with Crippen molar-refractivity contribution in [3.63, 3.8) is 0 Å². The third-order valence-corrected chi connectivity index (χ3v) is 6.97. The third-order valence-electron chi connectivity index (χ3n) is 6.97. The first-order valence-electron chi connectivity index (χ1n) is 12.4. The van der Waals surface area contributed by atoms with E-state index in [1.807, 2.05) is 83.6 Å². The number of carbonyl (C=O) groups excluding carboxylic acids is 2. The van der Waals surface area contributed by atoms with Crippen LogP contribution < -0.4 is 15.0 Å². The predicted molar refractivity (Wildman–Crippen MR) is 143 cm³/mol. The average molecular weight is 494 g/mol. The molecule has 8 heteroatoms. The average Bonchev–Trinajstić information content (AvgIpc) is 3.58. The maximum Gasteiger partial charge on any atom is 0.253 e. The van der Waals surface area contributed by atoms with E-state index in [2.05, 4.69) is 10.3 Å². The molecule has 0 aliphatic carbocycles. The Balaban J connectivity index is 1.25. The Morgan fingerprint density at radius 2 is 1.89 bits per heavy atom. The van der Waals surface area contributed by atoms with E-state index in [1.165, 1.54) is 0 Å². The minimum absolute atomic E-state index is 0.0554. The van der Waals surface area contributed by atoms with Crippen molar-refractivity contribution in [3.05, 3.63) is 90.1 Å². The molecule has 2 N–H and O–H groups in total. The number of aromatic nitrogens is 3. The topological polar surface area (TPSA) is 92.2 Å². The summed E-state index contributed by atoms with van der Waals surface area (Å²) in [5.74, 6) is 1.09. The van der Waals surface area contributed by atoms with Crippen molar-refractivity contribution in [1.82, 2.24) is 19.9 Å². The number of nitrogens with one attached hydrogen (secondary N) is 2. The van der Waals surface area contributed by atoms with Crippen LogP contribution in [-0.2, 0) is 22.6 Å². The Labute approximate surface area is 213 Å². The predicted octanol–water partition coefficient (Wildman–Crippen LogP) is 4.36. The van der Waals surface area contributed by atoms with Gasteiger partial charge >= 0.3 is 0 Å². The molecule has 37 heavy (non-hydrogen) atoms. The van der Waals surface area contributed by atoms with Crippen LogP contribution in [0.4, 0.5) is 5.95 Å². The summed E-state index contributed by atoms with van der Waals surface area (Å²) in [6.07, 6.45) is 2.66. The lowest BCUT2D eigenvalue weighted by molar-refractivity contribution is -0.127. The van der Waals surface area contributed by atoms with Gasteiger partial charge in [-0.25, -0.2) is 4.98 Å². The summed E-state index contributed by atoms with van der Waals surface area (Å²) >= 11 is 0. The first kappa shape index (κ1) is 22.8. The third kappa shape index (κ3) is 4.20. The highest BCUT2D eigenvalue weighted by Crippen LogP contribution is 2.36. The number of hydrogen-bond donors (Lipinski definition) is 2. The maximum atomic E-state index is 13.7. The molecule has 0 unspecified atom stereocenters. The molecule has 3 aromatic carbocycles. The van der Waals surface area contributed by atoms with Crippen LogP contribution in [0.25, 0.3) is 21.9 Å². The molecule has 1 aliphatic heterocycles. The van der Waals surface area contributed by atoms with E-state index in [0.29, 0.717) is 25.5 Å². The van der Waals surface area contributed by atoms with Crippen LogP contribution in [0.15, 0.2) is 79.0 Å². The summed E-state index contributed by atoms with van der Waals surface area (Å²) in [5, 5.41) is 4.02. The van der Waals surface area contributed by atoms with Gasteiger partial charge in [-0.15, -0.1) is 0 Å². The van der Waals surface area contributed by atoms with Crippen molar-refractivity contribution < 1.29 is 14.3 Å². The van der Waals surface area contributed by atoms with E-state index in [9.17, 15) is 9.59 Å². The van der Waals surface area contributed by atoms with Gasteiger partial charge in [0.2, 0.25) is 11.9 Å². The summed E-state index contributed by atoms with van der Waals surface area (Å²) in [5.41, 5.74) is 4.78.